The zero-order chi connectivity index (χ0) is 13.8. The summed E-state index contributed by atoms with van der Waals surface area (Å²) in [5.74, 6) is 1.03. The van der Waals surface area contributed by atoms with Crippen molar-refractivity contribution in [3.63, 3.8) is 0 Å². The van der Waals surface area contributed by atoms with Crippen LogP contribution in [0, 0.1) is 0 Å². The number of likely N-dealkylation sites (N-methyl/N-ethyl adjacent to an activating group) is 1. The molecule has 19 heavy (non-hydrogen) atoms. The van der Waals surface area contributed by atoms with Gasteiger partial charge in [-0.2, -0.15) is 0 Å². The lowest BCUT2D eigenvalue weighted by Crippen LogP contribution is -2.52. The van der Waals surface area contributed by atoms with E-state index in [9.17, 15) is 0 Å². The van der Waals surface area contributed by atoms with Crippen molar-refractivity contribution in [1.29, 1.82) is 0 Å². The van der Waals surface area contributed by atoms with E-state index in [0.717, 1.165) is 18.9 Å². The quantitative estimate of drug-likeness (QED) is 0.883. The number of hydrogen-bond acceptors (Lipinski definition) is 3. The molecule has 0 bridgehead atoms. The first-order chi connectivity index (χ1) is 9.19. The third-order valence-electron chi connectivity index (χ3n) is 3.93. The van der Waals surface area contributed by atoms with Crippen LogP contribution in [0.2, 0.25) is 0 Å². The van der Waals surface area contributed by atoms with Crippen molar-refractivity contribution in [1.82, 2.24) is 10.2 Å². The molecule has 2 unspecified atom stereocenters. The van der Waals surface area contributed by atoms with E-state index in [2.05, 4.69) is 49.2 Å². The summed E-state index contributed by atoms with van der Waals surface area (Å²) >= 11 is 0. The number of fused-ring (bicyclic) bond motifs is 1. The van der Waals surface area contributed by atoms with Gasteiger partial charge in [-0.05, 0) is 39.9 Å². The van der Waals surface area contributed by atoms with Crippen LogP contribution in [0.1, 0.15) is 38.8 Å². The van der Waals surface area contributed by atoms with Crippen LogP contribution in [-0.4, -0.2) is 37.2 Å². The van der Waals surface area contributed by atoms with Gasteiger partial charge in [0.05, 0.1) is 12.1 Å². The van der Waals surface area contributed by atoms with Gasteiger partial charge in [-0.15, -0.1) is 0 Å². The number of hydrogen-bond donors (Lipinski definition) is 1. The Morgan fingerprint density at radius 3 is 2.74 bits per heavy atom. The first kappa shape index (κ1) is 14.4. The first-order valence-electron chi connectivity index (χ1n) is 7.33. The smallest absolute Gasteiger partial charge is 0.124 e. The summed E-state index contributed by atoms with van der Waals surface area (Å²) in [5.41, 5.74) is 1.28. The molecule has 1 aliphatic heterocycles. The summed E-state index contributed by atoms with van der Waals surface area (Å²) in [6.45, 7) is 8.65. The third kappa shape index (κ3) is 2.93. The van der Waals surface area contributed by atoms with Crippen molar-refractivity contribution >= 4 is 0 Å². The van der Waals surface area contributed by atoms with E-state index >= 15 is 0 Å². The summed E-state index contributed by atoms with van der Waals surface area (Å²) in [6.07, 6.45) is 1.17. The summed E-state index contributed by atoms with van der Waals surface area (Å²) in [4.78, 5) is 2.55. The fraction of sp³-hybridized carbons (Fsp3) is 0.625. The molecule has 1 aromatic rings. The minimum Gasteiger partial charge on any atom is -0.492 e. The van der Waals surface area contributed by atoms with Gasteiger partial charge in [0, 0.05) is 11.6 Å². The fourth-order valence-electron chi connectivity index (χ4n) is 3.05. The average molecular weight is 262 g/mol. The van der Waals surface area contributed by atoms with Crippen molar-refractivity contribution in [2.75, 3.05) is 20.2 Å². The summed E-state index contributed by atoms with van der Waals surface area (Å²) < 4.78 is 5.96. The van der Waals surface area contributed by atoms with Gasteiger partial charge in [0.15, 0.2) is 0 Å². The molecule has 0 aromatic heterocycles. The molecule has 0 saturated heterocycles. The number of para-hydroxylation sites is 1. The van der Waals surface area contributed by atoms with Gasteiger partial charge in [-0.1, -0.05) is 25.1 Å². The van der Waals surface area contributed by atoms with Crippen molar-refractivity contribution in [2.24, 2.45) is 0 Å². The number of nitrogens with zero attached hydrogens (tertiary/aromatic N) is 1. The second-order valence-electron chi connectivity index (χ2n) is 5.51. The predicted molar refractivity (Wildman–Crippen MR) is 79.7 cm³/mol. The molecule has 3 heteroatoms. The van der Waals surface area contributed by atoms with E-state index in [1.165, 1.54) is 12.0 Å². The Labute approximate surface area is 116 Å². The highest BCUT2D eigenvalue weighted by molar-refractivity contribution is 5.38. The molecule has 1 N–H and O–H groups in total. The Hall–Kier alpha value is -1.06. The molecule has 0 saturated carbocycles. The topological polar surface area (TPSA) is 24.5 Å². The zero-order valence-electron chi connectivity index (χ0n) is 12.5. The molecule has 0 spiro atoms. The standard InChI is InChI=1S/C16H26N2O/c1-5-10-18(12(2)3)14-11-19-15-9-7-6-8-13(15)16(14)17-4/h6-9,12,14,16-17H,5,10-11H2,1-4H3. The highest BCUT2D eigenvalue weighted by Crippen LogP contribution is 2.34. The molecule has 1 aromatic carbocycles. The third-order valence-corrected chi connectivity index (χ3v) is 3.93. The monoisotopic (exact) mass is 262 g/mol. The molecule has 0 amide bonds. The molecule has 1 heterocycles. The van der Waals surface area contributed by atoms with Gasteiger partial charge in [0.1, 0.15) is 12.4 Å². The Kier molecular flexibility index (Phi) is 4.83. The summed E-state index contributed by atoms with van der Waals surface area (Å²) in [7, 11) is 2.05. The Morgan fingerprint density at radius 1 is 1.37 bits per heavy atom. The second kappa shape index (κ2) is 6.40. The number of rotatable bonds is 5. The van der Waals surface area contributed by atoms with E-state index < -0.39 is 0 Å². The van der Waals surface area contributed by atoms with Crippen LogP contribution in [0.5, 0.6) is 5.75 Å². The molecule has 0 aliphatic carbocycles. The molecule has 3 nitrogen and oxygen atoms in total. The second-order valence-corrected chi connectivity index (χ2v) is 5.51. The van der Waals surface area contributed by atoms with Crippen molar-refractivity contribution in [3.8, 4) is 5.75 Å². The Balaban J connectivity index is 2.27. The van der Waals surface area contributed by atoms with Crippen LogP contribution in [-0.2, 0) is 0 Å². The normalized spacial score (nSPS) is 22.4. The number of benzene rings is 1. The SMILES string of the molecule is CCCN(C(C)C)C1COc2ccccc2C1NC. The van der Waals surface area contributed by atoms with Gasteiger partial charge < -0.3 is 10.1 Å². The zero-order valence-corrected chi connectivity index (χ0v) is 12.5. The van der Waals surface area contributed by atoms with Crippen LogP contribution in [0.4, 0.5) is 0 Å². The highest BCUT2D eigenvalue weighted by atomic mass is 16.5. The van der Waals surface area contributed by atoms with E-state index in [-0.39, 0.29) is 0 Å². The largest absolute Gasteiger partial charge is 0.492 e. The van der Waals surface area contributed by atoms with Crippen molar-refractivity contribution in [3.05, 3.63) is 29.8 Å². The van der Waals surface area contributed by atoms with Gasteiger partial charge in [-0.25, -0.2) is 0 Å². The molecule has 1 aliphatic rings. The number of ether oxygens (including phenoxy) is 1. The molecule has 2 rings (SSSR count). The van der Waals surface area contributed by atoms with Crippen LogP contribution >= 0.6 is 0 Å². The lowest BCUT2D eigenvalue weighted by molar-refractivity contribution is 0.0646. The van der Waals surface area contributed by atoms with E-state index in [1.807, 2.05) is 13.1 Å². The lowest BCUT2D eigenvalue weighted by atomic mass is 9.94. The van der Waals surface area contributed by atoms with E-state index in [4.69, 9.17) is 4.74 Å². The van der Waals surface area contributed by atoms with Crippen LogP contribution in [0.3, 0.4) is 0 Å². The summed E-state index contributed by atoms with van der Waals surface area (Å²) in [5, 5.41) is 3.48. The van der Waals surface area contributed by atoms with Crippen molar-refractivity contribution in [2.45, 2.75) is 45.3 Å². The van der Waals surface area contributed by atoms with Gasteiger partial charge in [0.25, 0.3) is 0 Å². The average Bonchev–Trinajstić information content (AvgIpc) is 2.43. The van der Waals surface area contributed by atoms with Crippen molar-refractivity contribution < 1.29 is 4.74 Å². The first-order valence-corrected chi connectivity index (χ1v) is 7.33. The molecular weight excluding hydrogens is 236 g/mol. The maximum Gasteiger partial charge on any atom is 0.124 e. The molecule has 0 radical (unpaired) electrons. The van der Waals surface area contributed by atoms with Crippen LogP contribution < -0.4 is 10.1 Å². The van der Waals surface area contributed by atoms with Crippen LogP contribution in [0.15, 0.2) is 24.3 Å². The molecule has 0 fully saturated rings. The van der Waals surface area contributed by atoms with Gasteiger partial charge >= 0.3 is 0 Å². The maximum atomic E-state index is 5.96. The maximum absolute atomic E-state index is 5.96. The molecule has 106 valence electrons. The van der Waals surface area contributed by atoms with Gasteiger partial charge in [0.2, 0.25) is 0 Å². The Bertz CT molecular complexity index is 405. The predicted octanol–water partition coefficient (Wildman–Crippen LogP) is 2.83. The molecule has 2 atom stereocenters. The minimum absolute atomic E-state index is 0.346. The van der Waals surface area contributed by atoms with Gasteiger partial charge in [-0.3, -0.25) is 4.90 Å². The highest BCUT2D eigenvalue weighted by Gasteiger charge is 2.34. The number of nitrogens with one attached hydrogen (secondary N) is 1. The van der Waals surface area contributed by atoms with E-state index in [0.29, 0.717) is 18.1 Å². The fourth-order valence-corrected chi connectivity index (χ4v) is 3.05. The van der Waals surface area contributed by atoms with E-state index in [1.54, 1.807) is 0 Å². The summed E-state index contributed by atoms with van der Waals surface area (Å²) in [6, 6.07) is 9.66. The molecular formula is C16H26N2O. The Morgan fingerprint density at radius 2 is 2.11 bits per heavy atom. The minimum atomic E-state index is 0.346. The lowest BCUT2D eigenvalue weighted by Gasteiger charge is -2.42. The van der Waals surface area contributed by atoms with Crippen LogP contribution in [0.25, 0.3) is 0 Å².